The summed E-state index contributed by atoms with van der Waals surface area (Å²) < 4.78 is 0. The van der Waals surface area contributed by atoms with Gasteiger partial charge >= 0.3 is 5.69 Å². The largest absolute Gasteiger partial charge is 0.387 e. The molecule has 2 rings (SSSR count). The first kappa shape index (κ1) is 13.8. The van der Waals surface area contributed by atoms with Crippen molar-refractivity contribution in [2.75, 3.05) is 17.6 Å². The van der Waals surface area contributed by atoms with Gasteiger partial charge in [0.1, 0.15) is 5.82 Å². The number of aliphatic hydroxyl groups is 1. The van der Waals surface area contributed by atoms with Gasteiger partial charge in [0.05, 0.1) is 11.0 Å². The molecule has 0 aliphatic heterocycles. The fourth-order valence-electron chi connectivity index (χ4n) is 1.73. The van der Waals surface area contributed by atoms with E-state index in [4.69, 9.17) is 5.73 Å². The number of benzene rings is 1. The number of nitrogen functional groups attached to an aromatic ring is 1. The molecule has 0 amide bonds. The molecule has 1 aromatic heterocycles. The van der Waals surface area contributed by atoms with Gasteiger partial charge in [0.15, 0.2) is 0 Å². The van der Waals surface area contributed by atoms with Crippen LogP contribution in [0, 0.1) is 10.1 Å². The summed E-state index contributed by atoms with van der Waals surface area (Å²) in [6.45, 7) is 0.0985. The van der Waals surface area contributed by atoms with Crippen LogP contribution in [0.3, 0.4) is 0 Å². The van der Waals surface area contributed by atoms with Gasteiger partial charge in [-0.05, 0) is 11.6 Å². The Morgan fingerprint density at radius 1 is 1.30 bits per heavy atom. The van der Waals surface area contributed by atoms with Crippen molar-refractivity contribution in [1.82, 2.24) is 4.98 Å². The molecule has 0 radical (unpaired) electrons. The van der Waals surface area contributed by atoms with E-state index in [1.165, 1.54) is 12.1 Å². The van der Waals surface area contributed by atoms with Crippen molar-refractivity contribution in [2.45, 2.75) is 6.10 Å². The molecule has 0 saturated heterocycles. The fourth-order valence-corrected chi connectivity index (χ4v) is 1.73. The molecule has 7 nitrogen and oxygen atoms in total. The summed E-state index contributed by atoms with van der Waals surface area (Å²) >= 11 is 0. The highest BCUT2D eigenvalue weighted by molar-refractivity contribution is 5.59. The summed E-state index contributed by atoms with van der Waals surface area (Å²) in [6.07, 6.45) is -0.793. The Kier molecular flexibility index (Phi) is 4.11. The van der Waals surface area contributed by atoms with E-state index in [1.54, 1.807) is 24.3 Å². The second kappa shape index (κ2) is 5.98. The van der Waals surface area contributed by atoms with Gasteiger partial charge in [0.2, 0.25) is 5.82 Å². The topological polar surface area (TPSA) is 114 Å². The second-order valence-electron chi connectivity index (χ2n) is 4.17. The number of nitrogens with zero attached hydrogens (tertiary/aromatic N) is 2. The molecule has 4 N–H and O–H groups in total. The maximum absolute atomic E-state index is 10.9. The maximum Gasteiger partial charge on any atom is 0.311 e. The van der Waals surface area contributed by atoms with E-state index in [0.717, 1.165) is 0 Å². The van der Waals surface area contributed by atoms with E-state index in [-0.39, 0.29) is 23.9 Å². The van der Waals surface area contributed by atoms with Crippen LogP contribution in [0.25, 0.3) is 0 Å². The lowest BCUT2D eigenvalue weighted by Crippen LogP contribution is -2.14. The van der Waals surface area contributed by atoms with Crippen molar-refractivity contribution in [3.63, 3.8) is 0 Å². The fraction of sp³-hybridized carbons (Fsp3) is 0.154. The zero-order chi connectivity index (χ0) is 14.5. The first-order valence-electron chi connectivity index (χ1n) is 5.95. The van der Waals surface area contributed by atoms with Crippen molar-refractivity contribution in [2.24, 2.45) is 0 Å². The number of aliphatic hydroxyl groups excluding tert-OH is 1. The molecule has 0 bridgehead atoms. The molecule has 0 spiro atoms. The van der Waals surface area contributed by atoms with Crippen LogP contribution in [0.15, 0.2) is 42.5 Å². The highest BCUT2D eigenvalue weighted by atomic mass is 16.6. The number of nitro groups is 1. The van der Waals surface area contributed by atoms with Gasteiger partial charge in [-0.15, -0.1) is 0 Å². The molecule has 0 saturated carbocycles. The van der Waals surface area contributed by atoms with Gasteiger partial charge in [-0.2, -0.15) is 0 Å². The van der Waals surface area contributed by atoms with E-state index in [9.17, 15) is 15.2 Å². The third-order valence-corrected chi connectivity index (χ3v) is 2.74. The van der Waals surface area contributed by atoms with Crippen LogP contribution in [0.5, 0.6) is 0 Å². The van der Waals surface area contributed by atoms with Crippen molar-refractivity contribution in [3.8, 4) is 0 Å². The molecular weight excluding hydrogens is 260 g/mol. The number of aromatic nitrogens is 1. The van der Waals surface area contributed by atoms with Crippen LogP contribution < -0.4 is 11.1 Å². The van der Waals surface area contributed by atoms with Gasteiger partial charge in [-0.1, -0.05) is 30.3 Å². The number of pyridine rings is 1. The highest BCUT2D eigenvalue weighted by Crippen LogP contribution is 2.23. The Morgan fingerprint density at radius 2 is 2.00 bits per heavy atom. The molecule has 7 heteroatoms. The number of nitrogens with one attached hydrogen (secondary N) is 1. The highest BCUT2D eigenvalue weighted by Gasteiger charge is 2.16. The zero-order valence-electron chi connectivity index (χ0n) is 10.6. The predicted octanol–water partition coefficient (Wildman–Crippen LogP) is 1.72. The third kappa shape index (κ3) is 3.21. The van der Waals surface area contributed by atoms with Gasteiger partial charge in [0.25, 0.3) is 0 Å². The van der Waals surface area contributed by atoms with E-state index in [2.05, 4.69) is 10.3 Å². The maximum atomic E-state index is 10.9. The lowest BCUT2D eigenvalue weighted by atomic mass is 10.1. The Hall–Kier alpha value is -2.67. The van der Waals surface area contributed by atoms with Crippen LogP contribution in [-0.2, 0) is 0 Å². The number of nitrogens with two attached hydrogens (primary N) is 1. The molecule has 104 valence electrons. The van der Waals surface area contributed by atoms with Crippen LogP contribution in [-0.4, -0.2) is 21.6 Å². The van der Waals surface area contributed by atoms with Gasteiger partial charge < -0.3 is 16.2 Å². The molecule has 1 atom stereocenters. The SMILES string of the molecule is Nc1ccc([N+](=O)[O-])c(NCC(O)c2ccccc2)n1. The lowest BCUT2D eigenvalue weighted by Gasteiger charge is -2.12. The Labute approximate surface area is 115 Å². The van der Waals surface area contributed by atoms with Gasteiger partial charge in [-0.25, -0.2) is 4.98 Å². The smallest absolute Gasteiger partial charge is 0.311 e. The van der Waals surface area contributed by atoms with Crippen LogP contribution in [0.2, 0.25) is 0 Å². The minimum absolute atomic E-state index is 0.0463. The minimum atomic E-state index is -0.793. The monoisotopic (exact) mass is 274 g/mol. The standard InChI is InChI=1S/C13H14N4O3/c14-12-7-6-10(17(19)20)13(16-12)15-8-11(18)9-4-2-1-3-5-9/h1-7,11,18H,8H2,(H3,14,15,16). The predicted molar refractivity (Wildman–Crippen MR) is 75.2 cm³/mol. The Bertz CT molecular complexity index is 604. The van der Waals surface area contributed by atoms with Crippen molar-refractivity contribution >= 4 is 17.3 Å². The Balaban J connectivity index is 2.11. The van der Waals surface area contributed by atoms with E-state index in [0.29, 0.717) is 5.56 Å². The average molecular weight is 274 g/mol. The van der Waals surface area contributed by atoms with E-state index < -0.39 is 11.0 Å². The van der Waals surface area contributed by atoms with Crippen molar-refractivity contribution in [3.05, 3.63) is 58.1 Å². The van der Waals surface area contributed by atoms with Crippen molar-refractivity contribution in [1.29, 1.82) is 0 Å². The molecule has 1 heterocycles. The van der Waals surface area contributed by atoms with Crippen LogP contribution >= 0.6 is 0 Å². The van der Waals surface area contributed by atoms with Gasteiger partial charge in [-0.3, -0.25) is 10.1 Å². The van der Waals surface area contributed by atoms with Gasteiger partial charge in [0, 0.05) is 12.6 Å². The summed E-state index contributed by atoms with van der Waals surface area (Å²) in [5, 5.41) is 23.6. The lowest BCUT2D eigenvalue weighted by molar-refractivity contribution is -0.384. The summed E-state index contributed by atoms with van der Waals surface area (Å²) in [5.41, 5.74) is 6.04. The van der Waals surface area contributed by atoms with E-state index in [1.807, 2.05) is 6.07 Å². The molecule has 0 aliphatic carbocycles. The van der Waals surface area contributed by atoms with E-state index >= 15 is 0 Å². The number of hydrogen-bond acceptors (Lipinski definition) is 6. The number of hydrogen-bond donors (Lipinski definition) is 3. The normalized spacial score (nSPS) is 11.8. The molecule has 2 aromatic rings. The van der Waals surface area contributed by atoms with Crippen LogP contribution in [0.1, 0.15) is 11.7 Å². The Morgan fingerprint density at radius 3 is 2.65 bits per heavy atom. The molecule has 20 heavy (non-hydrogen) atoms. The molecular formula is C13H14N4O3. The summed E-state index contributed by atoms with van der Waals surface area (Å²) in [5.74, 6) is 0.220. The summed E-state index contributed by atoms with van der Waals surface area (Å²) in [7, 11) is 0. The third-order valence-electron chi connectivity index (χ3n) is 2.74. The number of anilines is 2. The quantitative estimate of drug-likeness (QED) is 0.565. The summed E-state index contributed by atoms with van der Waals surface area (Å²) in [6, 6.07) is 11.6. The average Bonchev–Trinajstić information content (AvgIpc) is 2.45. The first-order valence-corrected chi connectivity index (χ1v) is 5.95. The molecule has 0 fully saturated rings. The number of rotatable bonds is 5. The zero-order valence-corrected chi connectivity index (χ0v) is 10.6. The summed E-state index contributed by atoms with van der Waals surface area (Å²) in [4.78, 5) is 14.2. The second-order valence-corrected chi connectivity index (χ2v) is 4.17. The van der Waals surface area contributed by atoms with Crippen molar-refractivity contribution < 1.29 is 10.0 Å². The molecule has 1 unspecified atom stereocenters. The van der Waals surface area contributed by atoms with Crippen LogP contribution in [0.4, 0.5) is 17.3 Å². The first-order chi connectivity index (χ1) is 9.58. The minimum Gasteiger partial charge on any atom is -0.387 e. The molecule has 0 aliphatic rings. The molecule has 1 aromatic carbocycles.